The topological polar surface area (TPSA) is 72.5 Å². The molecule has 0 aliphatic carbocycles. The summed E-state index contributed by atoms with van der Waals surface area (Å²) < 4.78 is 28.5. The highest BCUT2D eigenvalue weighted by molar-refractivity contribution is 7.94. The van der Waals surface area contributed by atoms with Crippen LogP contribution >= 0.6 is 0 Å². The van der Waals surface area contributed by atoms with E-state index in [0.29, 0.717) is 11.4 Å². The second kappa shape index (κ2) is 7.11. The van der Waals surface area contributed by atoms with Crippen molar-refractivity contribution in [3.8, 4) is 11.5 Å². The number of aryl methyl sites for hydroxylation is 1. The number of sulfone groups is 1. The molecule has 2 aromatic carbocycles. The summed E-state index contributed by atoms with van der Waals surface area (Å²) in [5.41, 5.74) is 1.76. The molecule has 25 heavy (non-hydrogen) atoms. The van der Waals surface area contributed by atoms with E-state index in [9.17, 15) is 13.2 Å². The van der Waals surface area contributed by atoms with Crippen LogP contribution in [0.4, 0.5) is 5.69 Å². The Labute approximate surface area is 147 Å². The van der Waals surface area contributed by atoms with Gasteiger partial charge in [-0.05, 0) is 48.9 Å². The molecule has 3 rings (SSSR count). The van der Waals surface area contributed by atoms with Gasteiger partial charge in [0.15, 0.2) is 9.84 Å². The molecule has 5 nitrogen and oxygen atoms in total. The molecule has 6 heteroatoms. The second-order valence-electron chi connectivity index (χ2n) is 6.11. The summed E-state index contributed by atoms with van der Waals surface area (Å²) in [6.07, 6.45) is 1.73. The number of ether oxygens (including phenoxy) is 1. The Bertz CT molecular complexity index is 901. The number of carbonyl (C=O) groups is 1. The molecule has 1 atom stereocenters. The van der Waals surface area contributed by atoms with Gasteiger partial charge in [-0.15, -0.1) is 0 Å². The number of nitrogens with one attached hydrogen (secondary N) is 1. The van der Waals surface area contributed by atoms with Crippen LogP contribution < -0.4 is 10.1 Å². The van der Waals surface area contributed by atoms with Gasteiger partial charge in [-0.3, -0.25) is 4.79 Å². The average molecular weight is 357 g/mol. The van der Waals surface area contributed by atoms with E-state index in [4.69, 9.17) is 4.74 Å². The average Bonchev–Trinajstić information content (AvgIpc) is 2.88. The van der Waals surface area contributed by atoms with Gasteiger partial charge in [-0.1, -0.05) is 18.2 Å². The minimum absolute atomic E-state index is 0.00366. The van der Waals surface area contributed by atoms with Gasteiger partial charge in [-0.25, -0.2) is 8.42 Å². The Balaban J connectivity index is 1.55. The van der Waals surface area contributed by atoms with Gasteiger partial charge in [0.1, 0.15) is 11.5 Å². The molecule has 1 N–H and O–H groups in total. The Hall–Kier alpha value is -2.60. The van der Waals surface area contributed by atoms with Crippen molar-refractivity contribution in [3.05, 3.63) is 65.6 Å². The van der Waals surface area contributed by atoms with Crippen molar-refractivity contribution in [3.63, 3.8) is 0 Å². The van der Waals surface area contributed by atoms with E-state index in [-0.39, 0.29) is 24.0 Å². The molecule has 1 aliphatic rings. The van der Waals surface area contributed by atoms with Crippen molar-refractivity contribution in [1.29, 1.82) is 0 Å². The summed E-state index contributed by atoms with van der Waals surface area (Å²) in [7, 11) is -3.13. The third-order valence-corrected chi connectivity index (χ3v) is 5.28. The summed E-state index contributed by atoms with van der Waals surface area (Å²) in [6, 6.07) is 14.8. The first kappa shape index (κ1) is 17.2. The molecular weight excluding hydrogens is 338 g/mol. The largest absolute Gasteiger partial charge is 0.457 e. The van der Waals surface area contributed by atoms with Crippen molar-refractivity contribution < 1.29 is 17.9 Å². The summed E-state index contributed by atoms with van der Waals surface area (Å²) in [4.78, 5) is 12.0. The number of rotatable bonds is 5. The predicted molar refractivity (Wildman–Crippen MR) is 97.4 cm³/mol. The lowest BCUT2D eigenvalue weighted by Gasteiger charge is -2.10. The first-order valence-corrected chi connectivity index (χ1v) is 9.66. The number of allylic oxidation sites excluding steroid dienone is 1. The zero-order valence-corrected chi connectivity index (χ0v) is 14.6. The van der Waals surface area contributed by atoms with Gasteiger partial charge < -0.3 is 10.1 Å². The van der Waals surface area contributed by atoms with Gasteiger partial charge in [0.25, 0.3) is 0 Å². The lowest BCUT2D eigenvalue weighted by Crippen LogP contribution is -2.17. The zero-order chi connectivity index (χ0) is 17.9. The molecule has 0 saturated heterocycles. The van der Waals surface area contributed by atoms with Gasteiger partial charge >= 0.3 is 0 Å². The van der Waals surface area contributed by atoms with E-state index in [1.54, 1.807) is 30.3 Å². The van der Waals surface area contributed by atoms with E-state index in [1.165, 1.54) is 5.41 Å². The van der Waals surface area contributed by atoms with Crippen molar-refractivity contribution in [2.24, 2.45) is 5.92 Å². The van der Waals surface area contributed by atoms with Crippen LogP contribution in [-0.4, -0.2) is 20.1 Å². The van der Waals surface area contributed by atoms with Crippen molar-refractivity contribution in [2.45, 2.75) is 13.3 Å². The van der Waals surface area contributed by atoms with Gasteiger partial charge in [0.05, 0.1) is 5.75 Å². The number of carbonyl (C=O) groups excluding carboxylic acids is 1. The Morgan fingerprint density at radius 1 is 1.16 bits per heavy atom. The molecule has 0 fully saturated rings. The molecule has 0 saturated carbocycles. The fourth-order valence-corrected chi connectivity index (χ4v) is 4.04. The third-order valence-electron chi connectivity index (χ3n) is 3.82. The Morgan fingerprint density at radius 2 is 1.92 bits per heavy atom. The standard InChI is InChI=1S/C19H19NO4S/c1-14-3-2-4-18(11-14)24-17-7-5-16(6-8-17)20-19(21)12-15-9-10-25(22,23)13-15/h2-11,15H,12-13H2,1H3,(H,20,21). The first-order valence-electron chi connectivity index (χ1n) is 7.95. The molecule has 130 valence electrons. The quantitative estimate of drug-likeness (QED) is 0.886. The molecule has 2 aromatic rings. The highest BCUT2D eigenvalue weighted by Gasteiger charge is 2.23. The minimum atomic E-state index is -3.13. The van der Waals surface area contributed by atoms with E-state index < -0.39 is 9.84 Å². The fraction of sp³-hybridized carbons (Fsp3) is 0.211. The summed E-state index contributed by atoms with van der Waals surface area (Å²) in [5, 5.41) is 3.96. The molecule has 1 unspecified atom stereocenters. The van der Waals surface area contributed by atoms with Crippen LogP contribution in [0.2, 0.25) is 0 Å². The van der Waals surface area contributed by atoms with Gasteiger partial charge in [-0.2, -0.15) is 0 Å². The van der Waals surface area contributed by atoms with E-state index in [1.807, 2.05) is 31.2 Å². The number of anilines is 1. The van der Waals surface area contributed by atoms with Gasteiger partial charge in [0, 0.05) is 23.4 Å². The second-order valence-corrected chi connectivity index (χ2v) is 8.04. The molecule has 0 bridgehead atoms. The molecule has 0 aromatic heterocycles. The number of amides is 1. The number of hydrogen-bond donors (Lipinski definition) is 1. The highest BCUT2D eigenvalue weighted by atomic mass is 32.2. The number of hydrogen-bond acceptors (Lipinski definition) is 4. The molecule has 0 radical (unpaired) electrons. The first-order chi connectivity index (χ1) is 11.9. The predicted octanol–water partition coefficient (Wildman–Crippen LogP) is 3.67. The highest BCUT2D eigenvalue weighted by Crippen LogP contribution is 2.24. The molecular formula is C19H19NO4S. The SMILES string of the molecule is Cc1cccc(Oc2ccc(NC(=O)CC3C=CS(=O)(=O)C3)cc2)c1. The van der Waals surface area contributed by atoms with Crippen LogP contribution in [0.3, 0.4) is 0 Å². The van der Waals surface area contributed by atoms with E-state index in [0.717, 1.165) is 11.3 Å². The molecule has 1 aliphatic heterocycles. The zero-order valence-electron chi connectivity index (χ0n) is 13.8. The third kappa shape index (κ3) is 4.93. The smallest absolute Gasteiger partial charge is 0.224 e. The number of benzene rings is 2. The molecule has 1 heterocycles. The molecule has 1 amide bonds. The molecule has 0 spiro atoms. The van der Waals surface area contributed by atoms with Gasteiger partial charge in [0.2, 0.25) is 5.91 Å². The summed E-state index contributed by atoms with van der Waals surface area (Å²) >= 11 is 0. The van der Waals surface area contributed by atoms with Crippen molar-refractivity contribution in [2.75, 3.05) is 11.1 Å². The van der Waals surface area contributed by atoms with Crippen LogP contribution in [0.1, 0.15) is 12.0 Å². The van der Waals surface area contributed by atoms with Crippen molar-refractivity contribution in [1.82, 2.24) is 0 Å². The maximum Gasteiger partial charge on any atom is 0.224 e. The lowest BCUT2D eigenvalue weighted by molar-refractivity contribution is -0.116. The van der Waals surface area contributed by atoms with Crippen LogP contribution in [0.25, 0.3) is 0 Å². The Kier molecular flexibility index (Phi) is 4.90. The van der Waals surface area contributed by atoms with Crippen LogP contribution in [0.5, 0.6) is 11.5 Å². The maximum absolute atomic E-state index is 12.0. The van der Waals surface area contributed by atoms with Crippen LogP contribution in [0, 0.1) is 12.8 Å². The minimum Gasteiger partial charge on any atom is -0.457 e. The Morgan fingerprint density at radius 3 is 2.56 bits per heavy atom. The maximum atomic E-state index is 12.0. The fourth-order valence-electron chi connectivity index (χ4n) is 2.64. The monoisotopic (exact) mass is 357 g/mol. The lowest BCUT2D eigenvalue weighted by atomic mass is 10.1. The van der Waals surface area contributed by atoms with Crippen LogP contribution in [0.15, 0.2) is 60.0 Å². The van der Waals surface area contributed by atoms with E-state index >= 15 is 0 Å². The van der Waals surface area contributed by atoms with E-state index in [2.05, 4.69) is 5.32 Å². The van der Waals surface area contributed by atoms with Crippen molar-refractivity contribution >= 4 is 21.4 Å². The summed E-state index contributed by atoms with van der Waals surface area (Å²) in [6.45, 7) is 2.00. The summed E-state index contributed by atoms with van der Waals surface area (Å²) in [5.74, 6) is 0.969. The van der Waals surface area contributed by atoms with Crippen LogP contribution in [-0.2, 0) is 14.6 Å². The normalized spacial score (nSPS) is 18.0.